The second-order valence-electron chi connectivity index (χ2n) is 8.07. The van der Waals surface area contributed by atoms with E-state index in [4.69, 9.17) is 20.4 Å². The maximum Gasteiger partial charge on any atom is 0.437 e. The summed E-state index contributed by atoms with van der Waals surface area (Å²) in [5.74, 6) is 2.80. The van der Waals surface area contributed by atoms with Crippen molar-refractivity contribution < 1.29 is 32.0 Å². The summed E-state index contributed by atoms with van der Waals surface area (Å²) in [6.07, 6.45) is 3.07. The molecule has 1 heterocycles. The third-order valence-electron chi connectivity index (χ3n) is 5.57. The van der Waals surface area contributed by atoms with E-state index in [0.29, 0.717) is 49.3 Å². The molecule has 6 nitrogen and oxygen atoms in total. The summed E-state index contributed by atoms with van der Waals surface area (Å²) < 4.78 is 55.3. The van der Waals surface area contributed by atoms with Crippen molar-refractivity contribution in [2.45, 2.75) is 38.8 Å². The normalized spacial score (nSPS) is 11.3. The number of methoxy groups -OCH3 is 1. The van der Waals surface area contributed by atoms with Crippen molar-refractivity contribution in [3.63, 3.8) is 0 Å². The summed E-state index contributed by atoms with van der Waals surface area (Å²) in [7, 11) is 3.24. The van der Waals surface area contributed by atoms with Gasteiger partial charge in [-0.05, 0) is 42.7 Å². The Labute approximate surface area is 202 Å². The predicted octanol–water partition coefficient (Wildman–Crippen LogP) is 5.40. The molecular weight excluding hydrogens is 461 g/mol. The standard InChI is InChI=1S/C26H27F3N2O4/c1-5-8-19-22(12-10-20-24(19)35-30-25(20)26(27,28)29)34-14-7-13-31(3)21-11-9-17(15-18(21)6-2)16-23(32)33-4/h2,9-12,15H,5,7-8,13-14,16H2,1,3-4H3. The van der Waals surface area contributed by atoms with E-state index in [1.165, 1.54) is 13.2 Å². The molecule has 186 valence electrons. The third-order valence-corrected chi connectivity index (χ3v) is 5.57. The first kappa shape index (κ1) is 25.9. The van der Waals surface area contributed by atoms with Crippen LogP contribution in [0, 0.1) is 12.3 Å². The first-order valence-electron chi connectivity index (χ1n) is 11.2. The molecule has 0 saturated carbocycles. The Morgan fingerprint density at radius 3 is 2.69 bits per heavy atom. The number of benzene rings is 2. The molecule has 0 radical (unpaired) electrons. The van der Waals surface area contributed by atoms with E-state index < -0.39 is 11.9 Å². The zero-order valence-electron chi connectivity index (χ0n) is 19.9. The van der Waals surface area contributed by atoms with Gasteiger partial charge in [-0.25, -0.2) is 0 Å². The maximum absolute atomic E-state index is 13.2. The number of fused-ring (bicyclic) bond motifs is 1. The Kier molecular flexibility index (Phi) is 8.28. The van der Waals surface area contributed by atoms with Crippen LogP contribution in [-0.2, 0) is 28.5 Å². The van der Waals surface area contributed by atoms with Crippen molar-refractivity contribution in [3.05, 3.63) is 52.7 Å². The van der Waals surface area contributed by atoms with Gasteiger partial charge in [-0.15, -0.1) is 6.42 Å². The number of esters is 1. The van der Waals surface area contributed by atoms with Gasteiger partial charge in [0.05, 0.1) is 31.2 Å². The number of aromatic nitrogens is 1. The highest BCUT2D eigenvalue weighted by atomic mass is 19.4. The van der Waals surface area contributed by atoms with E-state index in [-0.39, 0.29) is 23.4 Å². The van der Waals surface area contributed by atoms with Crippen LogP contribution in [0.5, 0.6) is 5.75 Å². The average molecular weight is 489 g/mol. The Balaban J connectivity index is 1.66. The van der Waals surface area contributed by atoms with E-state index >= 15 is 0 Å². The molecule has 1 aromatic heterocycles. The Morgan fingerprint density at radius 2 is 2.03 bits per heavy atom. The fourth-order valence-corrected chi connectivity index (χ4v) is 3.85. The molecule has 0 aliphatic rings. The number of hydrogen-bond acceptors (Lipinski definition) is 6. The first-order valence-corrected chi connectivity index (χ1v) is 11.2. The van der Waals surface area contributed by atoms with Gasteiger partial charge < -0.3 is 18.9 Å². The minimum Gasteiger partial charge on any atom is -0.493 e. The molecule has 0 fully saturated rings. The number of nitrogens with zero attached hydrogens (tertiary/aromatic N) is 2. The highest BCUT2D eigenvalue weighted by Crippen LogP contribution is 2.38. The number of aryl methyl sites for hydroxylation is 1. The van der Waals surface area contributed by atoms with Crippen molar-refractivity contribution in [1.82, 2.24) is 5.16 Å². The number of carbonyl (C=O) groups is 1. The van der Waals surface area contributed by atoms with Gasteiger partial charge in [0.1, 0.15) is 5.75 Å². The molecule has 0 spiro atoms. The average Bonchev–Trinajstić information content (AvgIpc) is 3.27. The van der Waals surface area contributed by atoms with Crippen LogP contribution in [0.15, 0.2) is 34.9 Å². The molecule has 0 atom stereocenters. The zero-order valence-corrected chi connectivity index (χ0v) is 19.9. The third kappa shape index (κ3) is 6.07. The van der Waals surface area contributed by atoms with Crippen LogP contribution in [0.25, 0.3) is 11.0 Å². The minimum atomic E-state index is -4.59. The summed E-state index contributed by atoms with van der Waals surface area (Å²) in [6, 6.07) is 8.37. The van der Waals surface area contributed by atoms with Gasteiger partial charge >= 0.3 is 12.1 Å². The predicted molar refractivity (Wildman–Crippen MR) is 126 cm³/mol. The summed E-state index contributed by atoms with van der Waals surface area (Å²) in [6.45, 7) is 2.90. The fourth-order valence-electron chi connectivity index (χ4n) is 3.85. The molecule has 0 amide bonds. The molecule has 0 bridgehead atoms. The second-order valence-corrected chi connectivity index (χ2v) is 8.07. The SMILES string of the molecule is C#Cc1cc(CC(=O)OC)ccc1N(C)CCCOc1ccc2c(C(F)(F)F)noc2c1CCC. The monoisotopic (exact) mass is 488 g/mol. The fraction of sp³-hybridized carbons (Fsp3) is 0.385. The second kappa shape index (κ2) is 11.2. The Hall–Kier alpha value is -3.67. The molecule has 0 saturated heterocycles. The van der Waals surface area contributed by atoms with Gasteiger partial charge in [-0.1, -0.05) is 30.5 Å². The molecule has 9 heteroatoms. The van der Waals surface area contributed by atoms with Crippen LogP contribution in [0.3, 0.4) is 0 Å². The first-order chi connectivity index (χ1) is 16.7. The molecule has 35 heavy (non-hydrogen) atoms. The molecule has 0 aliphatic heterocycles. The van der Waals surface area contributed by atoms with Crippen LogP contribution in [0.1, 0.15) is 42.1 Å². The van der Waals surface area contributed by atoms with Crippen molar-refractivity contribution >= 4 is 22.6 Å². The molecular formula is C26H27F3N2O4. The van der Waals surface area contributed by atoms with E-state index in [1.54, 1.807) is 12.1 Å². The molecule has 0 aliphatic carbocycles. The number of halogens is 3. The summed E-state index contributed by atoms with van der Waals surface area (Å²) in [5.41, 5.74) is 1.94. The zero-order chi connectivity index (χ0) is 25.6. The van der Waals surface area contributed by atoms with Gasteiger partial charge in [0, 0.05) is 24.7 Å². The van der Waals surface area contributed by atoms with E-state index in [0.717, 1.165) is 11.3 Å². The summed E-state index contributed by atoms with van der Waals surface area (Å²) >= 11 is 0. The molecule has 3 aromatic rings. The smallest absolute Gasteiger partial charge is 0.437 e. The van der Waals surface area contributed by atoms with Crippen molar-refractivity contribution in [2.75, 3.05) is 32.2 Å². The van der Waals surface area contributed by atoms with Gasteiger partial charge in [0.25, 0.3) is 0 Å². The highest BCUT2D eigenvalue weighted by molar-refractivity contribution is 5.85. The van der Waals surface area contributed by atoms with Crippen LogP contribution < -0.4 is 9.64 Å². The minimum absolute atomic E-state index is 0.0644. The lowest BCUT2D eigenvalue weighted by Gasteiger charge is -2.21. The van der Waals surface area contributed by atoms with Crippen LogP contribution in [-0.4, -0.2) is 38.4 Å². The quantitative estimate of drug-likeness (QED) is 0.216. The van der Waals surface area contributed by atoms with Gasteiger partial charge in [-0.3, -0.25) is 4.79 Å². The van der Waals surface area contributed by atoms with Crippen LogP contribution >= 0.6 is 0 Å². The van der Waals surface area contributed by atoms with E-state index in [2.05, 4.69) is 11.1 Å². The van der Waals surface area contributed by atoms with Crippen molar-refractivity contribution in [2.24, 2.45) is 0 Å². The van der Waals surface area contributed by atoms with Crippen molar-refractivity contribution in [3.8, 4) is 18.1 Å². The summed E-state index contributed by atoms with van der Waals surface area (Å²) in [5, 5.41) is 3.18. The number of anilines is 1. The Morgan fingerprint density at radius 1 is 1.26 bits per heavy atom. The highest BCUT2D eigenvalue weighted by Gasteiger charge is 2.37. The van der Waals surface area contributed by atoms with Gasteiger partial charge in [0.2, 0.25) is 0 Å². The summed E-state index contributed by atoms with van der Waals surface area (Å²) in [4.78, 5) is 13.5. The number of rotatable bonds is 10. The van der Waals surface area contributed by atoms with Gasteiger partial charge in [0.15, 0.2) is 11.3 Å². The number of alkyl halides is 3. The number of carbonyl (C=O) groups excluding carboxylic acids is 1. The lowest BCUT2D eigenvalue weighted by Crippen LogP contribution is -2.21. The lowest BCUT2D eigenvalue weighted by molar-refractivity contribution is -0.141. The topological polar surface area (TPSA) is 64.8 Å². The molecule has 3 rings (SSSR count). The molecule has 0 unspecified atom stereocenters. The maximum atomic E-state index is 13.2. The Bertz CT molecular complexity index is 1230. The number of ether oxygens (including phenoxy) is 2. The molecule has 2 aromatic carbocycles. The van der Waals surface area contributed by atoms with Crippen LogP contribution in [0.4, 0.5) is 18.9 Å². The van der Waals surface area contributed by atoms with E-state index in [1.807, 2.05) is 31.0 Å². The largest absolute Gasteiger partial charge is 0.493 e. The lowest BCUT2D eigenvalue weighted by atomic mass is 10.0. The number of hydrogen-bond donors (Lipinski definition) is 0. The van der Waals surface area contributed by atoms with Gasteiger partial charge in [-0.2, -0.15) is 13.2 Å². The molecule has 0 N–H and O–H groups in total. The van der Waals surface area contributed by atoms with E-state index in [9.17, 15) is 18.0 Å². The number of terminal acetylenes is 1. The van der Waals surface area contributed by atoms with Crippen molar-refractivity contribution in [1.29, 1.82) is 0 Å². The van der Waals surface area contributed by atoms with Crippen LogP contribution in [0.2, 0.25) is 0 Å².